The summed E-state index contributed by atoms with van der Waals surface area (Å²) in [4.78, 5) is 27.1. The van der Waals surface area contributed by atoms with Crippen LogP contribution in [0, 0.1) is 0 Å². The standard InChI is InChI=1S/C27H24ClN7O3S/c1-16(25-33-22-13-7-12-21(28)23(22)26(36)35(25)18-9-4-3-5-10-18)32-24-20(15-31-27(29)34-24)17-8-6-11-19(14-17)39(37,38)30-2/h3-16,30H,1-2H3,(H3,29,31,32,34)/t16-/m1/s1. The Morgan fingerprint density at radius 2 is 1.74 bits per heavy atom. The molecule has 0 aliphatic heterocycles. The lowest BCUT2D eigenvalue weighted by atomic mass is 10.1. The van der Waals surface area contributed by atoms with E-state index >= 15 is 0 Å². The topological polar surface area (TPSA) is 145 Å². The van der Waals surface area contributed by atoms with Crippen molar-refractivity contribution >= 4 is 44.3 Å². The van der Waals surface area contributed by atoms with Gasteiger partial charge in [0.25, 0.3) is 5.56 Å². The maximum atomic E-state index is 13.7. The molecule has 12 heteroatoms. The molecule has 0 unspecified atom stereocenters. The van der Waals surface area contributed by atoms with Crippen LogP contribution in [0.5, 0.6) is 0 Å². The van der Waals surface area contributed by atoms with Gasteiger partial charge in [0, 0.05) is 11.8 Å². The van der Waals surface area contributed by atoms with Gasteiger partial charge in [-0.3, -0.25) is 9.36 Å². The second-order valence-electron chi connectivity index (χ2n) is 8.67. The molecule has 4 N–H and O–H groups in total. The predicted octanol–water partition coefficient (Wildman–Crippen LogP) is 4.16. The van der Waals surface area contributed by atoms with Gasteiger partial charge in [0.15, 0.2) is 0 Å². The lowest BCUT2D eigenvalue weighted by Gasteiger charge is -2.21. The normalized spacial score (nSPS) is 12.4. The summed E-state index contributed by atoms with van der Waals surface area (Å²) in [7, 11) is -2.33. The van der Waals surface area contributed by atoms with E-state index in [4.69, 9.17) is 22.3 Å². The number of nitrogens with zero attached hydrogens (tertiary/aromatic N) is 4. The molecule has 0 aliphatic carbocycles. The molecule has 198 valence electrons. The van der Waals surface area contributed by atoms with Gasteiger partial charge in [-0.15, -0.1) is 0 Å². The molecular formula is C27H24ClN7O3S. The highest BCUT2D eigenvalue weighted by Crippen LogP contribution is 2.31. The number of sulfonamides is 1. The third-order valence-electron chi connectivity index (χ3n) is 6.16. The molecule has 5 rings (SSSR count). The summed E-state index contributed by atoms with van der Waals surface area (Å²) in [6, 6.07) is 20.1. The highest BCUT2D eigenvalue weighted by atomic mass is 35.5. The zero-order chi connectivity index (χ0) is 27.7. The highest BCUT2D eigenvalue weighted by Gasteiger charge is 2.22. The maximum absolute atomic E-state index is 13.7. The van der Waals surface area contributed by atoms with Crippen LogP contribution in [0.15, 0.2) is 88.7 Å². The number of aromatic nitrogens is 4. The average molecular weight is 562 g/mol. The maximum Gasteiger partial charge on any atom is 0.267 e. The lowest BCUT2D eigenvalue weighted by Crippen LogP contribution is -2.27. The number of nitrogens with one attached hydrogen (secondary N) is 2. The predicted molar refractivity (Wildman–Crippen MR) is 153 cm³/mol. The van der Waals surface area contributed by atoms with Crippen LogP contribution in [0.25, 0.3) is 27.7 Å². The summed E-state index contributed by atoms with van der Waals surface area (Å²) in [6.45, 7) is 1.83. The first-order valence-corrected chi connectivity index (χ1v) is 13.8. The largest absolute Gasteiger partial charge is 0.368 e. The zero-order valence-corrected chi connectivity index (χ0v) is 22.5. The van der Waals surface area contributed by atoms with Gasteiger partial charge in [-0.2, -0.15) is 4.98 Å². The fourth-order valence-corrected chi connectivity index (χ4v) is 5.28. The number of nitrogen functional groups attached to an aromatic ring is 1. The average Bonchev–Trinajstić information content (AvgIpc) is 2.93. The SMILES string of the molecule is CNS(=O)(=O)c1cccc(-c2cnc(N)nc2N[C@H](C)c2nc3cccc(Cl)c3c(=O)n2-c2ccccc2)c1. The molecule has 2 heterocycles. The van der Waals surface area contributed by atoms with Crippen LogP contribution < -0.4 is 21.3 Å². The fraction of sp³-hybridized carbons (Fsp3) is 0.111. The van der Waals surface area contributed by atoms with Crippen molar-refractivity contribution in [2.45, 2.75) is 17.9 Å². The molecule has 0 spiro atoms. The number of halogens is 1. The van der Waals surface area contributed by atoms with Crippen LogP contribution in [0.4, 0.5) is 11.8 Å². The Morgan fingerprint density at radius 1 is 1.00 bits per heavy atom. The van der Waals surface area contributed by atoms with E-state index in [1.807, 2.05) is 37.3 Å². The van der Waals surface area contributed by atoms with Gasteiger partial charge in [0.2, 0.25) is 16.0 Å². The first-order valence-electron chi connectivity index (χ1n) is 11.9. The van der Waals surface area contributed by atoms with E-state index in [9.17, 15) is 13.2 Å². The number of anilines is 2. The van der Waals surface area contributed by atoms with Gasteiger partial charge in [0.1, 0.15) is 11.6 Å². The first-order chi connectivity index (χ1) is 18.7. The summed E-state index contributed by atoms with van der Waals surface area (Å²) in [6.07, 6.45) is 1.51. The molecule has 0 saturated heterocycles. The van der Waals surface area contributed by atoms with Crippen molar-refractivity contribution in [3.8, 4) is 16.8 Å². The summed E-state index contributed by atoms with van der Waals surface area (Å²) < 4.78 is 28.6. The minimum Gasteiger partial charge on any atom is -0.368 e. The van der Waals surface area contributed by atoms with Gasteiger partial charge in [-0.1, -0.05) is 48.0 Å². The molecule has 0 bridgehead atoms. The second-order valence-corrected chi connectivity index (χ2v) is 11.0. The van der Waals surface area contributed by atoms with Crippen LogP contribution in [-0.2, 0) is 10.0 Å². The zero-order valence-electron chi connectivity index (χ0n) is 21.0. The van der Waals surface area contributed by atoms with E-state index in [1.165, 1.54) is 29.9 Å². The Morgan fingerprint density at radius 3 is 2.49 bits per heavy atom. The number of nitrogens with two attached hydrogens (primary N) is 1. The van der Waals surface area contributed by atoms with E-state index in [2.05, 4.69) is 20.0 Å². The summed E-state index contributed by atoms with van der Waals surface area (Å²) >= 11 is 6.40. The van der Waals surface area contributed by atoms with Gasteiger partial charge in [0.05, 0.1) is 32.6 Å². The van der Waals surface area contributed by atoms with Gasteiger partial charge >= 0.3 is 0 Å². The minimum atomic E-state index is -3.68. The first kappa shape index (κ1) is 26.3. The van der Waals surface area contributed by atoms with E-state index in [0.717, 1.165) is 0 Å². The number of hydrogen-bond donors (Lipinski definition) is 3. The van der Waals surface area contributed by atoms with Crippen molar-refractivity contribution in [2.24, 2.45) is 0 Å². The van der Waals surface area contributed by atoms with Gasteiger partial charge in [-0.05, 0) is 55.9 Å². The van der Waals surface area contributed by atoms with Crippen molar-refractivity contribution in [1.82, 2.24) is 24.2 Å². The Hall–Kier alpha value is -4.32. The molecule has 3 aromatic carbocycles. The molecular weight excluding hydrogens is 538 g/mol. The summed E-state index contributed by atoms with van der Waals surface area (Å²) in [5, 5.41) is 3.93. The molecule has 0 aliphatic rings. The molecule has 39 heavy (non-hydrogen) atoms. The molecule has 1 atom stereocenters. The third-order valence-corrected chi connectivity index (χ3v) is 7.89. The quantitative estimate of drug-likeness (QED) is 0.268. The smallest absolute Gasteiger partial charge is 0.267 e. The molecule has 2 aromatic heterocycles. The molecule has 0 fully saturated rings. The van der Waals surface area contributed by atoms with Crippen molar-refractivity contribution < 1.29 is 8.42 Å². The van der Waals surface area contributed by atoms with Crippen molar-refractivity contribution in [3.63, 3.8) is 0 Å². The van der Waals surface area contributed by atoms with Crippen LogP contribution in [0.3, 0.4) is 0 Å². The van der Waals surface area contributed by atoms with E-state index < -0.39 is 16.1 Å². The lowest BCUT2D eigenvalue weighted by molar-refractivity contribution is 0.588. The van der Waals surface area contributed by atoms with Crippen molar-refractivity contribution in [1.29, 1.82) is 0 Å². The molecule has 0 saturated carbocycles. The van der Waals surface area contributed by atoms with Gasteiger partial charge < -0.3 is 11.1 Å². The van der Waals surface area contributed by atoms with Gasteiger partial charge in [-0.25, -0.2) is 23.1 Å². The summed E-state index contributed by atoms with van der Waals surface area (Å²) in [5.41, 5.74) is 7.75. The number of hydrogen-bond acceptors (Lipinski definition) is 8. The summed E-state index contributed by atoms with van der Waals surface area (Å²) in [5.74, 6) is 0.774. The van der Waals surface area contributed by atoms with E-state index in [-0.39, 0.29) is 16.4 Å². The van der Waals surface area contributed by atoms with Crippen LogP contribution in [0.1, 0.15) is 18.8 Å². The number of para-hydroxylation sites is 1. The third kappa shape index (κ3) is 5.07. The number of benzene rings is 3. The second kappa shape index (κ2) is 10.4. The van der Waals surface area contributed by atoms with Crippen LogP contribution in [0.2, 0.25) is 5.02 Å². The number of rotatable bonds is 7. The minimum absolute atomic E-state index is 0.0196. The Bertz CT molecular complexity index is 1860. The Balaban J connectivity index is 1.65. The fourth-order valence-electron chi connectivity index (χ4n) is 4.26. The van der Waals surface area contributed by atoms with E-state index in [1.54, 1.807) is 30.3 Å². The number of fused-ring (bicyclic) bond motifs is 1. The monoisotopic (exact) mass is 561 g/mol. The molecule has 0 amide bonds. The van der Waals surface area contributed by atoms with E-state index in [0.29, 0.717) is 44.4 Å². The highest BCUT2D eigenvalue weighted by molar-refractivity contribution is 7.89. The van der Waals surface area contributed by atoms with Crippen molar-refractivity contribution in [2.75, 3.05) is 18.1 Å². The van der Waals surface area contributed by atoms with Crippen LogP contribution in [-0.4, -0.2) is 35.0 Å². The molecule has 5 aromatic rings. The van der Waals surface area contributed by atoms with Crippen molar-refractivity contribution in [3.05, 3.63) is 100 Å². The Labute approximate surface area is 229 Å². The molecule has 10 nitrogen and oxygen atoms in total. The molecule has 0 radical (unpaired) electrons. The Kier molecular flexibility index (Phi) is 7.04. The van der Waals surface area contributed by atoms with Crippen LogP contribution >= 0.6 is 11.6 Å².